The number of nitrogens with two attached hydrogens (primary N) is 1. The number of nitrogens with one attached hydrogen (secondary N) is 1. The molecule has 0 aromatic heterocycles. The van der Waals surface area contributed by atoms with Crippen molar-refractivity contribution in [3.8, 4) is 0 Å². The fourth-order valence-corrected chi connectivity index (χ4v) is 1.82. The third kappa shape index (κ3) is 4.03. The van der Waals surface area contributed by atoms with Crippen molar-refractivity contribution in [3.05, 3.63) is 59.4 Å². The predicted octanol–water partition coefficient (Wildman–Crippen LogP) is 2.87. The lowest BCUT2D eigenvalue weighted by Gasteiger charge is -2.14. The van der Waals surface area contributed by atoms with Crippen molar-refractivity contribution in [1.82, 2.24) is 0 Å². The monoisotopic (exact) mass is 338 g/mol. The molecule has 0 fully saturated rings. The first-order chi connectivity index (χ1) is 11.3. The molecule has 0 saturated carbocycles. The smallest absolute Gasteiger partial charge is 0.341 e. The van der Waals surface area contributed by atoms with Crippen LogP contribution in [0.5, 0.6) is 0 Å². The minimum atomic E-state index is -1.32. The molecule has 0 aliphatic rings. The Kier molecular flexibility index (Phi) is 5.08. The first-order valence-corrected chi connectivity index (χ1v) is 6.80. The van der Waals surface area contributed by atoms with Gasteiger partial charge in [0.05, 0.1) is 11.3 Å². The molecule has 8 heteroatoms. The average Bonchev–Trinajstić information content (AvgIpc) is 2.50. The molecule has 2 aromatic rings. The van der Waals surface area contributed by atoms with Gasteiger partial charge in [0.25, 0.3) is 5.91 Å². The Labute approximate surface area is 135 Å². The molecular weight excluding hydrogens is 325 g/mol. The minimum Gasteiger partial charge on any atom is -0.449 e. The number of anilines is 2. The van der Waals surface area contributed by atoms with Crippen LogP contribution in [0.25, 0.3) is 0 Å². The summed E-state index contributed by atoms with van der Waals surface area (Å²) in [4.78, 5) is 23.8. The second-order valence-electron chi connectivity index (χ2n) is 4.89. The van der Waals surface area contributed by atoms with E-state index in [-0.39, 0.29) is 16.9 Å². The highest BCUT2D eigenvalue weighted by Gasteiger charge is 2.21. The molecule has 1 amide bonds. The molecule has 1 atom stereocenters. The fourth-order valence-electron chi connectivity index (χ4n) is 1.82. The van der Waals surface area contributed by atoms with E-state index < -0.39 is 35.4 Å². The average molecular weight is 338 g/mol. The van der Waals surface area contributed by atoms with Crippen LogP contribution in [-0.4, -0.2) is 18.0 Å². The summed E-state index contributed by atoms with van der Waals surface area (Å²) in [5, 5.41) is 2.11. The summed E-state index contributed by atoms with van der Waals surface area (Å²) in [5.74, 6) is -4.03. The molecule has 0 unspecified atom stereocenters. The maximum Gasteiger partial charge on any atom is 0.341 e. The van der Waals surface area contributed by atoms with Gasteiger partial charge >= 0.3 is 5.97 Å². The summed E-state index contributed by atoms with van der Waals surface area (Å²) in [7, 11) is 0. The quantitative estimate of drug-likeness (QED) is 0.663. The normalized spacial score (nSPS) is 11.7. The number of carbonyl (C=O) groups is 2. The van der Waals surface area contributed by atoms with E-state index in [2.05, 4.69) is 5.32 Å². The highest BCUT2D eigenvalue weighted by molar-refractivity contribution is 5.99. The van der Waals surface area contributed by atoms with Crippen LogP contribution in [0, 0.1) is 17.5 Å². The molecule has 0 aliphatic heterocycles. The van der Waals surface area contributed by atoms with E-state index in [1.807, 2.05) is 0 Å². The molecule has 0 aliphatic carbocycles. The number of hydrogen-bond donors (Lipinski definition) is 2. The Balaban J connectivity index is 2.05. The van der Waals surface area contributed by atoms with E-state index in [9.17, 15) is 22.8 Å². The SMILES string of the molecule is C[C@@H](OC(=O)c1ccc(F)cc1N)C(=O)Nc1cc(F)ccc1F. The molecule has 0 radical (unpaired) electrons. The minimum absolute atomic E-state index is 0.118. The molecule has 3 N–H and O–H groups in total. The lowest BCUT2D eigenvalue weighted by atomic mass is 10.2. The van der Waals surface area contributed by atoms with E-state index in [1.165, 1.54) is 6.92 Å². The van der Waals surface area contributed by atoms with E-state index in [1.54, 1.807) is 0 Å². The number of esters is 1. The number of benzene rings is 2. The van der Waals surface area contributed by atoms with Gasteiger partial charge in [-0.3, -0.25) is 4.79 Å². The standard InChI is InChI=1S/C16H13F3N2O3/c1-8(15(22)21-14-7-10(18)3-5-12(14)19)24-16(23)11-4-2-9(17)6-13(11)20/h2-8H,20H2,1H3,(H,21,22)/t8-/m1/s1. The van der Waals surface area contributed by atoms with Crippen molar-refractivity contribution >= 4 is 23.3 Å². The Morgan fingerprint density at radius 2 is 1.71 bits per heavy atom. The van der Waals surface area contributed by atoms with Crippen molar-refractivity contribution in [3.63, 3.8) is 0 Å². The maximum absolute atomic E-state index is 13.5. The summed E-state index contributed by atoms with van der Waals surface area (Å²) < 4.78 is 44.4. The number of hydrogen-bond acceptors (Lipinski definition) is 4. The molecule has 126 valence electrons. The van der Waals surface area contributed by atoms with E-state index >= 15 is 0 Å². The second kappa shape index (κ2) is 7.03. The van der Waals surface area contributed by atoms with Crippen LogP contribution >= 0.6 is 0 Å². The summed E-state index contributed by atoms with van der Waals surface area (Å²) in [6, 6.07) is 5.60. The van der Waals surface area contributed by atoms with Crippen LogP contribution in [0.1, 0.15) is 17.3 Å². The lowest BCUT2D eigenvalue weighted by Crippen LogP contribution is -2.30. The molecule has 0 saturated heterocycles. The van der Waals surface area contributed by atoms with Gasteiger partial charge in [-0.15, -0.1) is 0 Å². The van der Waals surface area contributed by atoms with Crippen LogP contribution in [0.15, 0.2) is 36.4 Å². The third-order valence-electron chi connectivity index (χ3n) is 3.07. The van der Waals surface area contributed by atoms with Crippen molar-refractivity contribution in [2.75, 3.05) is 11.1 Å². The number of carbonyl (C=O) groups excluding carboxylic acids is 2. The fraction of sp³-hybridized carbons (Fsp3) is 0.125. The zero-order chi connectivity index (χ0) is 17.9. The van der Waals surface area contributed by atoms with Crippen molar-refractivity contribution < 1.29 is 27.5 Å². The largest absolute Gasteiger partial charge is 0.449 e. The van der Waals surface area contributed by atoms with Crippen molar-refractivity contribution in [2.24, 2.45) is 0 Å². The summed E-state index contributed by atoms with van der Waals surface area (Å²) in [6.45, 7) is 1.24. The van der Waals surface area contributed by atoms with Gasteiger partial charge in [-0.1, -0.05) is 0 Å². The highest BCUT2D eigenvalue weighted by Crippen LogP contribution is 2.18. The van der Waals surface area contributed by atoms with Gasteiger partial charge in [-0.25, -0.2) is 18.0 Å². The van der Waals surface area contributed by atoms with Crippen molar-refractivity contribution in [1.29, 1.82) is 0 Å². The van der Waals surface area contributed by atoms with Gasteiger partial charge in [0, 0.05) is 11.8 Å². The summed E-state index contributed by atoms with van der Waals surface area (Å²) >= 11 is 0. The molecule has 2 rings (SSSR count). The molecule has 24 heavy (non-hydrogen) atoms. The predicted molar refractivity (Wildman–Crippen MR) is 80.7 cm³/mol. The Hall–Kier alpha value is -3.03. The molecule has 2 aromatic carbocycles. The second-order valence-corrected chi connectivity index (χ2v) is 4.89. The number of amides is 1. The van der Waals surface area contributed by atoms with Crippen LogP contribution in [0.4, 0.5) is 24.5 Å². The van der Waals surface area contributed by atoms with Gasteiger partial charge < -0.3 is 15.8 Å². The van der Waals surface area contributed by atoms with Gasteiger partial charge in [0.15, 0.2) is 6.10 Å². The Morgan fingerprint density at radius 1 is 1.08 bits per heavy atom. The van der Waals surface area contributed by atoms with Crippen molar-refractivity contribution in [2.45, 2.75) is 13.0 Å². The number of halogens is 3. The van der Waals surface area contributed by atoms with E-state index in [4.69, 9.17) is 10.5 Å². The molecule has 0 spiro atoms. The van der Waals surface area contributed by atoms with Gasteiger partial charge in [0.2, 0.25) is 0 Å². The number of ether oxygens (including phenoxy) is 1. The number of rotatable bonds is 4. The molecule has 0 heterocycles. The summed E-state index contributed by atoms with van der Waals surface area (Å²) in [6.07, 6.45) is -1.32. The number of nitrogen functional groups attached to an aromatic ring is 1. The van der Waals surface area contributed by atoms with E-state index in [0.717, 1.165) is 36.4 Å². The zero-order valence-corrected chi connectivity index (χ0v) is 12.5. The van der Waals surface area contributed by atoms with Crippen LogP contribution in [0.2, 0.25) is 0 Å². The van der Waals surface area contributed by atoms with E-state index in [0.29, 0.717) is 0 Å². The third-order valence-corrected chi connectivity index (χ3v) is 3.07. The Bertz CT molecular complexity index is 796. The molecule has 0 bridgehead atoms. The Morgan fingerprint density at radius 3 is 2.38 bits per heavy atom. The highest BCUT2D eigenvalue weighted by atomic mass is 19.1. The van der Waals surface area contributed by atoms with Gasteiger partial charge in [-0.2, -0.15) is 0 Å². The first kappa shape index (κ1) is 17.3. The van der Waals surface area contributed by atoms with Gasteiger partial charge in [0.1, 0.15) is 17.5 Å². The molecule has 5 nitrogen and oxygen atoms in total. The van der Waals surface area contributed by atoms with Gasteiger partial charge in [-0.05, 0) is 37.3 Å². The van der Waals surface area contributed by atoms with Crippen LogP contribution < -0.4 is 11.1 Å². The maximum atomic E-state index is 13.5. The topological polar surface area (TPSA) is 81.4 Å². The molecular formula is C16H13F3N2O3. The summed E-state index contributed by atoms with van der Waals surface area (Å²) in [5.41, 5.74) is 4.85. The zero-order valence-electron chi connectivity index (χ0n) is 12.5. The van der Waals surface area contributed by atoms with Crippen LogP contribution in [0.3, 0.4) is 0 Å². The first-order valence-electron chi connectivity index (χ1n) is 6.80. The van der Waals surface area contributed by atoms with Crippen LogP contribution in [-0.2, 0) is 9.53 Å². The lowest BCUT2D eigenvalue weighted by molar-refractivity contribution is -0.123.